The number of nitrogens with two attached hydrogens (primary N) is 1. The zero-order chi connectivity index (χ0) is 12.4. The summed E-state index contributed by atoms with van der Waals surface area (Å²) in [6.07, 6.45) is 2.60. The number of aryl methyl sites for hydroxylation is 3. The molecular weight excluding hydrogens is 210 g/mol. The first-order chi connectivity index (χ1) is 8.06. The molecule has 0 bridgehead atoms. The molecule has 0 aliphatic carbocycles. The normalized spacial score (nSPS) is 12.7. The second kappa shape index (κ2) is 4.76. The first kappa shape index (κ1) is 11.9. The van der Waals surface area contributed by atoms with Crippen LogP contribution in [0.25, 0.3) is 0 Å². The third kappa shape index (κ3) is 2.77. The molecule has 0 fully saturated rings. The van der Waals surface area contributed by atoms with E-state index in [9.17, 15) is 0 Å². The van der Waals surface area contributed by atoms with Gasteiger partial charge in [0.1, 0.15) is 5.76 Å². The largest absolute Gasteiger partial charge is 0.469 e. The summed E-state index contributed by atoms with van der Waals surface area (Å²) in [5.41, 5.74) is 11.2. The maximum absolute atomic E-state index is 6.17. The van der Waals surface area contributed by atoms with Gasteiger partial charge in [-0.2, -0.15) is 0 Å². The zero-order valence-corrected chi connectivity index (χ0v) is 10.7. The smallest absolute Gasteiger partial charge is 0.101 e. The molecule has 2 rings (SSSR count). The second-order valence-corrected chi connectivity index (χ2v) is 4.72. The van der Waals surface area contributed by atoms with Crippen molar-refractivity contribution in [2.75, 3.05) is 0 Å². The fraction of sp³-hybridized carbons (Fsp3) is 0.333. The molecule has 1 unspecified atom stereocenters. The fourth-order valence-electron chi connectivity index (χ4n) is 1.96. The van der Waals surface area contributed by atoms with E-state index < -0.39 is 0 Å². The molecular formula is C15H19NO. The standard InChI is InChI=1S/C15H19NO/c1-10-4-5-13(6-11(10)2)8-15(16)14-7-12(3)17-9-14/h4-7,9,15H,8,16H2,1-3H3. The van der Waals surface area contributed by atoms with Crippen molar-refractivity contribution < 1.29 is 4.42 Å². The van der Waals surface area contributed by atoms with E-state index in [-0.39, 0.29) is 6.04 Å². The van der Waals surface area contributed by atoms with Gasteiger partial charge in [-0.25, -0.2) is 0 Å². The summed E-state index contributed by atoms with van der Waals surface area (Å²) in [7, 11) is 0. The van der Waals surface area contributed by atoms with Gasteiger partial charge >= 0.3 is 0 Å². The number of hydrogen-bond acceptors (Lipinski definition) is 2. The van der Waals surface area contributed by atoms with Gasteiger partial charge < -0.3 is 10.2 Å². The molecule has 0 radical (unpaired) electrons. The molecule has 17 heavy (non-hydrogen) atoms. The van der Waals surface area contributed by atoms with Gasteiger partial charge in [-0.15, -0.1) is 0 Å². The minimum atomic E-state index is 0.00885. The van der Waals surface area contributed by atoms with E-state index in [0.29, 0.717) is 0 Å². The van der Waals surface area contributed by atoms with Gasteiger partial charge in [-0.3, -0.25) is 0 Å². The van der Waals surface area contributed by atoms with E-state index in [2.05, 4.69) is 32.0 Å². The highest BCUT2D eigenvalue weighted by atomic mass is 16.3. The molecule has 0 saturated heterocycles. The Kier molecular flexibility index (Phi) is 3.34. The van der Waals surface area contributed by atoms with Crippen molar-refractivity contribution in [3.8, 4) is 0 Å². The highest BCUT2D eigenvalue weighted by Crippen LogP contribution is 2.19. The molecule has 1 aromatic heterocycles. The lowest BCUT2D eigenvalue weighted by Crippen LogP contribution is -2.12. The summed E-state index contributed by atoms with van der Waals surface area (Å²) in [5.74, 6) is 0.913. The molecule has 2 aromatic rings. The molecule has 2 heteroatoms. The summed E-state index contributed by atoms with van der Waals surface area (Å²) in [4.78, 5) is 0. The SMILES string of the molecule is Cc1cc(C(N)Cc2ccc(C)c(C)c2)co1. The van der Waals surface area contributed by atoms with Crippen LogP contribution < -0.4 is 5.73 Å². The van der Waals surface area contributed by atoms with Crippen molar-refractivity contribution in [3.63, 3.8) is 0 Å². The second-order valence-electron chi connectivity index (χ2n) is 4.72. The fourth-order valence-corrected chi connectivity index (χ4v) is 1.96. The molecule has 0 saturated carbocycles. The van der Waals surface area contributed by atoms with Crippen LogP contribution in [0.4, 0.5) is 0 Å². The maximum Gasteiger partial charge on any atom is 0.101 e. The molecule has 2 N–H and O–H groups in total. The van der Waals surface area contributed by atoms with Gasteiger partial charge in [0.05, 0.1) is 6.26 Å². The monoisotopic (exact) mass is 229 g/mol. The lowest BCUT2D eigenvalue weighted by molar-refractivity contribution is 0.528. The van der Waals surface area contributed by atoms with Crippen LogP contribution in [0.15, 0.2) is 34.9 Å². The Morgan fingerprint density at radius 1 is 1.12 bits per heavy atom. The predicted molar refractivity (Wildman–Crippen MR) is 70.0 cm³/mol. The number of benzene rings is 1. The van der Waals surface area contributed by atoms with Crippen molar-refractivity contribution in [3.05, 3.63) is 58.5 Å². The van der Waals surface area contributed by atoms with Crippen LogP contribution in [0.1, 0.15) is 34.1 Å². The van der Waals surface area contributed by atoms with E-state index in [0.717, 1.165) is 17.7 Å². The van der Waals surface area contributed by atoms with Crippen molar-refractivity contribution in [1.29, 1.82) is 0 Å². The van der Waals surface area contributed by atoms with E-state index in [4.69, 9.17) is 10.2 Å². The van der Waals surface area contributed by atoms with E-state index in [1.807, 2.05) is 13.0 Å². The van der Waals surface area contributed by atoms with Gasteiger partial charge in [0, 0.05) is 11.6 Å². The predicted octanol–water partition coefficient (Wildman–Crippen LogP) is 3.45. The summed E-state index contributed by atoms with van der Waals surface area (Å²) >= 11 is 0. The maximum atomic E-state index is 6.17. The third-order valence-electron chi connectivity index (χ3n) is 3.21. The third-order valence-corrected chi connectivity index (χ3v) is 3.21. The molecule has 0 aliphatic heterocycles. The van der Waals surface area contributed by atoms with Crippen LogP contribution in [0.5, 0.6) is 0 Å². The van der Waals surface area contributed by atoms with Crippen molar-refractivity contribution in [2.45, 2.75) is 33.2 Å². The highest BCUT2D eigenvalue weighted by molar-refractivity contribution is 5.31. The van der Waals surface area contributed by atoms with Crippen LogP contribution in [0.3, 0.4) is 0 Å². The van der Waals surface area contributed by atoms with Gasteiger partial charge in [0.25, 0.3) is 0 Å². The molecule has 0 spiro atoms. The Morgan fingerprint density at radius 2 is 1.88 bits per heavy atom. The van der Waals surface area contributed by atoms with E-state index in [1.165, 1.54) is 16.7 Å². The minimum Gasteiger partial charge on any atom is -0.469 e. The van der Waals surface area contributed by atoms with E-state index >= 15 is 0 Å². The Hall–Kier alpha value is -1.54. The zero-order valence-electron chi connectivity index (χ0n) is 10.7. The highest BCUT2D eigenvalue weighted by Gasteiger charge is 2.10. The molecule has 90 valence electrons. The van der Waals surface area contributed by atoms with Gasteiger partial charge in [0.2, 0.25) is 0 Å². The number of rotatable bonds is 3. The minimum absolute atomic E-state index is 0.00885. The van der Waals surface area contributed by atoms with Crippen LogP contribution in [-0.2, 0) is 6.42 Å². The summed E-state index contributed by atoms with van der Waals surface area (Å²) < 4.78 is 5.29. The first-order valence-corrected chi connectivity index (χ1v) is 5.93. The van der Waals surface area contributed by atoms with Gasteiger partial charge in [-0.05, 0) is 49.9 Å². The van der Waals surface area contributed by atoms with Crippen LogP contribution in [0, 0.1) is 20.8 Å². The molecule has 0 amide bonds. The van der Waals surface area contributed by atoms with Crippen LogP contribution in [0.2, 0.25) is 0 Å². The number of hydrogen-bond donors (Lipinski definition) is 1. The average molecular weight is 229 g/mol. The average Bonchev–Trinajstić information content (AvgIpc) is 2.70. The molecule has 2 nitrogen and oxygen atoms in total. The lowest BCUT2D eigenvalue weighted by atomic mass is 9.98. The summed E-state index contributed by atoms with van der Waals surface area (Å²) in [6.45, 7) is 6.19. The van der Waals surface area contributed by atoms with Gasteiger partial charge in [-0.1, -0.05) is 18.2 Å². The Morgan fingerprint density at radius 3 is 2.47 bits per heavy atom. The topological polar surface area (TPSA) is 39.2 Å². The first-order valence-electron chi connectivity index (χ1n) is 5.93. The van der Waals surface area contributed by atoms with Crippen LogP contribution in [-0.4, -0.2) is 0 Å². The van der Waals surface area contributed by atoms with E-state index in [1.54, 1.807) is 6.26 Å². The Labute approximate surface area is 102 Å². The summed E-state index contributed by atoms with van der Waals surface area (Å²) in [6, 6.07) is 8.52. The molecule has 1 heterocycles. The molecule has 1 aromatic carbocycles. The van der Waals surface area contributed by atoms with Crippen LogP contribution >= 0.6 is 0 Å². The van der Waals surface area contributed by atoms with Crippen molar-refractivity contribution in [1.82, 2.24) is 0 Å². The molecule has 1 atom stereocenters. The molecule has 0 aliphatic rings. The number of furan rings is 1. The summed E-state index contributed by atoms with van der Waals surface area (Å²) in [5, 5.41) is 0. The Balaban J connectivity index is 2.12. The Bertz CT molecular complexity index is 513. The quantitative estimate of drug-likeness (QED) is 0.875. The van der Waals surface area contributed by atoms with Crippen molar-refractivity contribution >= 4 is 0 Å². The van der Waals surface area contributed by atoms with Crippen molar-refractivity contribution in [2.24, 2.45) is 5.73 Å². The lowest BCUT2D eigenvalue weighted by Gasteiger charge is -2.10. The van der Waals surface area contributed by atoms with Gasteiger partial charge in [0.15, 0.2) is 0 Å².